The van der Waals surface area contributed by atoms with Crippen molar-refractivity contribution in [2.75, 3.05) is 20.0 Å². The summed E-state index contributed by atoms with van der Waals surface area (Å²) >= 11 is 0. The lowest BCUT2D eigenvalue weighted by Gasteiger charge is -2.12. The third kappa shape index (κ3) is 2.17. The summed E-state index contributed by atoms with van der Waals surface area (Å²) in [5.74, 6) is -0.595. The van der Waals surface area contributed by atoms with Crippen LogP contribution in [0.15, 0.2) is 22.9 Å². The molecule has 100 valence electrons. The quantitative estimate of drug-likeness (QED) is 0.864. The zero-order chi connectivity index (χ0) is 14.0. The molecule has 0 atom stereocenters. The van der Waals surface area contributed by atoms with Gasteiger partial charge in [-0.1, -0.05) is 5.16 Å². The van der Waals surface area contributed by atoms with Gasteiger partial charge in [0.2, 0.25) is 5.88 Å². The Morgan fingerprint density at radius 3 is 2.58 bits per heavy atom. The van der Waals surface area contributed by atoms with Crippen LogP contribution < -0.4 is 15.2 Å². The monoisotopic (exact) mass is 264 g/mol. The summed E-state index contributed by atoms with van der Waals surface area (Å²) in [6.07, 6.45) is 1.40. The molecule has 0 aliphatic rings. The predicted molar refractivity (Wildman–Crippen MR) is 66.4 cm³/mol. The zero-order valence-electron chi connectivity index (χ0n) is 10.3. The highest BCUT2D eigenvalue weighted by molar-refractivity contribution is 5.94. The number of hydrogen-bond donors (Lipinski definition) is 2. The normalized spacial score (nSPS) is 10.2. The van der Waals surface area contributed by atoms with Crippen molar-refractivity contribution in [2.45, 2.75) is 0 Å². The molecule has 0 amide bonds. The Morgan fingerprint density at radius 2 is 2.11 bits per heavy atom. The number of aromatic nitrogens is 1. The van der Waals surface area contributed by atoms with Gasteiger partial charge in [-0.25, -0.2) is 4.79 Å². The van der Waals surface area contributed by atoms with Gasteiger partial charge in [-0.3, -0.25) is 0 Å². The first-order valence-electron chi connectivity index (χ1n) is 5.28. The van der Waals surface area contributed by atoms with Crippen LogP contribution in [0.4, 0.5) is 5.88 Å². The summed E-state index contributed by atoms with van der Waals surface area (Å²) in [5.41, 5.74) is 6.59. The summed E-state index contributed by atoms with van der Waals surface area (Å²) in [6.45, 7) is 0. The molecule has 1 heterocycles. The van der Waals surface area contributed by atoms with Gasteiger partial charge in [0.15, 0.2) is 11.5 Å². The van der Waals surface area contributed by atoms with Gasteiger partial charge < -0.3 is 24.8 Å². The first-order chi connectivity index (χ1) is 9.08. The molecule has 0 spiro atoms. The molecular weight excluding hydrogens is 252 g/mol. The van der Waals surface area contributed by atoms with Crippen molar-refractivity contribution in [3.63, 3.8) is 0 Å². The topological polar surface area (TPSA) is 108 Å². The zero-order valence-corrected chi connectivity index (χ0v) is 10.3. The molecule has 0 saturated carbocycles. The maximum atomic E-state index is 11.2. The number of nitrogen functional groups attached to an aromatic ring is 1. The lowest BCUT2D eigenvalue weighted by atomic mass is 10.0. The first-order valence-corrected chi connectivity index (χ1v) is 5.28. The molecule has 2 aromatic rings. The Hall–Kier alpha value is -2.70. The minimum Gasteiger partial charge on any atom is -0.493 e. The van der Waals surface area contributed by atoms with Crippen molar-refractivity contribution in [1.29, 1.82) is 0 Å². The molecule has 3 N–H and O–H groups in total. The largest absolute Gasteiger partial charge is 0.493 e. The molecular formula is C12H12N2O5. The molecule has 0 saturated heterocycles. The smallest absolute Gasteiger partial charge is 0.339 e. The molecule has 19 heavy (non-hydrogen) atoms. The first kappa shape index (κ1) is 12.7. The van der Waals surface area contributed by atoms with E-state index in [4.69, 9.17) is 19.7 Å². The number of nitrogens with two attached hydrogens (primary N) is 1. The van der Waals surface area contributed by atoms with Gasteiger partial charge in [0.1, 0.15) is 5.56 Å². The molecule has 7 heteroatoms. The van der Waals surface area contributed by atoms with Gasteiger partial charge in [-0.15, -0.1) is 0 Å². The highest BCUT2D eigenvalue weighted by atomic mass is 16.5. The van der Waals surface area contributed by atoms with Crippen LogP contribution in [0, 0.1) is 0 Å². The van der Waals surface area contributed by atoms with E-state index in [9.17, 15) is 9.90 Å². The van der Waals surface area contributed by atoms with Crippen molar-refractivity contribution in [3.8, 4) is 22.6 Å². The number of methoxy groups -OCH3 is 2. The summed E-state index contributed by atoms with van der Waals surface area (Å²) in [4.78, 5) is 11.2. The summed E-state index contributed by atoms with van der Waals surface area (Å²) in [7, 11) is 2.79. The Balaban J connectivity index is 2.68. The number of nitrogens with zero attached hydrogens (tertiary/aromatic N) is 1. The van der Waals surface area contributed by atoms with E-state index < -0.39 is 5.97 Å². The van der Waals surface area contributed by atoms with Crippen LogP contribution >= 0.6 is 0 Å². The van der Waals surface area contributed by atoms with Crippen molar-refractivity contribution < 1.29 is 23.9 Å². The number of hydrogen-bond acceptors (Lipinski definition) is 6. The predicted octanol–water partition coefficient (Wildman–Crippen LogP) is 1.64. The van der Waals surface area contributed by atoms with E-state index in [1.165, 1.54) is 26.5 Å². The minimum atomic E-state index is -1.13. The van der Waals surface area contributed by atoms with Crippen molar-refractivity contribution in [2.24, 2.45) is 0 Å². The molecule has 1 aromatic heterocycles. The second kappa shape index (κ2) is 4.89. The second-order valence-corrected chi connectivity index (χ2v) is 3.67. The molecule has 0 aliphatic carbocycles. The molecule has 2 rings (SSSR count). The van der Waals surface area contributed by atoms with Crippen LogP contribution in [-0.2, 0) is 0 Å². The van der Waals surface area contributed by atoms with Crippen molar-refractivity contribution in [1.82, 2.24) is 5.16 Å². The number of ether oxygens (including phenoxy) is 2. The van der Waals surface area contributed by atoms with Gasteiger partial charge in [0, 0.05) is 0 Å². The second-order valence-electron chi connectivity index (χ2n) is 3.67. The molecule has 1 aromatic carbocycles. The lowest BCUT2D eigenvalue weighted by Crippen LogP contribution is -2.03. The van der Waals surface area contributed by atoms with Crippen molar-refractivity contribution >= 4 is 11.9 Å². The molecule has 7 nitrogen and oxygen atoms in total. The average molecular weight is 264 g/mol. The molecule has 0 aliphatic heterocycles. The maximum absolute atomic E-state index is 11.2. The van der Waals surface area contributed by atoms with Crippen LogP contribution in [0.1, 0.15) is 10.4 Å². The third-order valence-corrected chi connectivity index (χ3v) is 2.62. The number of carboxylic acids is 1. The van der Waals surface area contributed by atoms with E-state index in [0.717, 1.165) is 0 Å². The Labute approximate surface area is 108 Å². The van der Waals surface area contributed by atoms with Crippen LogP contribution in [0.5, 0.6) is 11.5 Å². The number of carboxylic acid groups (broad SMARTS) is 1. The van der Waals surface area contributed by atoms with E-state index >= 15 is 0 Å². The summed E-state index contributed by atoms with van der Waals surface area (Å²) in [6, 6.07) is 3.03. The summed E-state index contributed by atoms with van der Waals surface area (Å²) < 4.78 is 14.9. The third-order valence-electron chi connectivity index (χ3n) is 2.62. The highest BCUT2D eigenvalue weighted by Gasteiger charge is 2.20. The molecule has 0 radical (unpaired) electrons. The van der Waals surface area contributed by atoms with Crippen LogP contribution in [0.25, 0.3) is 11.1 Å². The van der Waals surface area contributed by atoms with Crippen LogP contribution in [0.3, 0.4) is 0 Å². The fourth-order valence-electron chi connectivity index (χ4n) is 1.74. The van der Waals surface area contributed by atoms with E-state index in [1.807, 2.05) is 0 Å². The van der Waals surface area contributed by atoms with E-state index in [0.29, 0.717) is 11.1 Å². The summed E-state index contributed by atoms with van der Waals surface area (Å²) in [5, 5.41) is 12.8. The van der Waals surface area contributed by atoms with Crippen LogP contribution in [-0.4, -0.2) is 30.5 Å². The fourth-order valence-corrected chi connectivity index (χ4v) is 1.74. The van der Waals surface area contributed by atoms with Gasteiger partial charge in [-0.2, -0.15) is 0 Å². The number of anilines is 1. The van der Waals surface area contributed by atoms with Gasteiger partial charge in [0.05, 0.1) is 26.0 Å². The molecule has 0 unspecified atom stereocenters. The van der Waals surface area contributed by atoms with Crippen molar-refractivity contribution in [3.05, 3.63) is 23.9 Å². The number of rotatable bonds is 4. The van der Waals surface area contributed by atoms with E-state index in [-0.39, 0.29) is 22.9 Å². The van der Waals surface area contributed by atoms with E-state index in [2.05, 4.69) is 5.16 Å². The minimum absolute atomic E-state index is 0.0301. The highest BCUT2D eigenvalue weighted by Crippen LogP contribution is 2.37. The van der Waals surface area contributed by atoms with Crippen LogP contribution in [0.2, 0.25) is 0 Å². The SMILES string of the molecule is COc1cc(-c2cnoc2N)cc(C(=O)O)c1OC. The Kier molecular flexibility index (Phi) is 3.28. The number of benzene rings is 1. The van der Waals surface area contributed by atoms with Gasteiger partial charge in [-0.05, 0) is 17.7 Å². The van der Waals surface area contributed by atoms with Gasteiger partial charge >= 0.3 is 5.97 Å². The molecule has 0 fully saturated rings. The maximum Gasteiger partial charge on any atom is 0.339 e. The Morgan fingerprint density at radius 1 is 1.37 bits per heavy atom. The Bertz CT molecular complexity index is 621. The fraction of sp³-hybridized carbons (Fsp3) is 0.167. The lowest BCUT2D eigenvalue weighted by molar-refractivity contribution is 0.0692. The number of aromatic carboxylic acids is 1. The standard InChI is InChI=1S/C12H12N2O5/c1-17-9-4-6(8-5-14-19-11(8)13)3-7(12(15)16)10(9)18-2/h3-5H,13H2,1-2H3,(H,15,16). The number of carbonyl (C=O) groups is 1. The van der Waals surface area contributed by atoms with E-state index in [1.54, 1.807) is 6.07 Å². The average Bonchev–Trinajstić information content (AvgIpc) is 2.83. The van der Waals surface area contributed by atoms with Gasteiger partial charge in [0.25, 0.3) is 0 Å². The molecule has 0 bridgehead atoms.